The van der Waals surface area contributed by atoms with E-state index >= 15 is 0 Å². The minimum absolute atomic E-state index is 0.211. The Morgan fingerprint density at radius 2 is 1.71 bits per heavy atom. The Hall–Kier alpha value is -2.03. The van der Waals surface area contributed by atoms with E-state index in [1.54, 1.807) is 6.20 Å². The Balaban J connectivity index is 3.16. The van der Waals surface area contributed by atoms with E-state index in [1.807, 2.05) is 39.0 Å². The van der Waals surface area contributed by atoms with E-state index in [4.69, 9.17) is 4.99 Å². The predicted molar refractivity (Wildman–Crippen MR) is 103 cm³/mol. The monoisotopic (exact) mass is 328 g/mol. The molecule has 0 aliphatic carbocycles. The zero-order valence-electron chi connectivity index (χ0n) is 15.7. The van der Waals surface area contributed by atoms with Gasteiger partial charge >= 0.3 is 0 Å². The Morgan fingerprint density at radius 1 is 1.08 bits per heavy atom. The van der Waals surface area contributed by atoms with Crippen LogP contribution in [0.1, 0.15) is 53.5 Å². The molecule has 24 heavy (non-hydrogen) atoms. The van der Waals surface area contributed by atoms with Gasteiger partial charge in [-0.2, -0.15) is 0 Å². The molecule has 0 radical (unpaired) electrons. The molecule has 0 bridgehead atoms. The number of hydrogen-bond acceptors (Lipinski definition) is 2. The van der Waals surface area contributed by atoms with Gasteiger partial charge in [0.2, 0.25) is 0 Å². The van der Waals surface area contributed by atoms with Crippen LogP contribution >= 0.6 is 0 Å². The van der Waals surface area contributed by atoms with Crippen LogP contribution in [0.2, 0.25) is 0 Å². The third-order valence-electron chi connectivity index (χ3n) is 3.74. The fraction of sp³-hybridized carbons (Fsp3) is 0.429. The first-order valence-electron chi connectivity index (χ1n) is 8.47. The molecule has 0 aliphatic heterocycles. The van der Waals surface area contributed by atoms with Crippen LogP contribution in [0, 0.1) is 11.7 Å². The molecule has 0 spiro atoms. The predicted octanol–water partition coefficient (Wildman–Crippen LogP) is 6.14. The highest BCUT2D eigenvalue weighted by atomic mass is 19.1. The number of nitrogens with zero attached hydrogens (tertiary/aromatic N) is 2. The van der Waals surface area contributed by atoms with Crippen molar-refractivity contribution in [3.63, 3.8) is 0 Å². The zero-order valence-corrected chi connectivity index (χ0v) is 15.7. The molecule has 0 aromatic heterocycles. The molecule has 1 rings (SSSR count). The third kappa shape index (κ3) is 7.03. The van der Waals surface area contributed by atoms with Crippen LogP contribution in [-0.2, 0) is 6.42 Å². The van der Waals surface area contributed by atoms with Crippen LogP contribution in [-0.4, -0.2) is 11.4 Å². The van der Waals surface area contributed by atoms with Crippen molar-refractivity contribution >= 4 is 11.4 Å². The second kappa shape index (κ2) is 9.96. The van der Waals surface area contributed by atoms with Gasteiger partial charge in [-0.1, -0.05) is 37.6 Å². The highest BCUT2D eigenvalue weighted by molar-refractivity contribution is 6.40. The highest BCUT2D eigenvalue weighted by Crippen LogP contribution is 2.20. The average molecular weight is 328 g/mol. The van der Waals surface area contributed by atoms with Gasteiger partial charge in [-0.15, -0.1) is 0 Å². The van der Waals surface area contributed by atoms with Crippen LogP contribution in [0.4, 0.5) is 4.39 Å². The van der Waals surface area contributed by atoms with E-state index in [1.165, 1.54) is 17.7 Å². The SMILES string of the molecule is C\C=C/N=C(C)/C(C)=N/C(Cc1ccc(F)cc1)=C(\C)CC(C)C. The van der Waals surface area contributed by atoms with Crippen molar-refractivity contribution in [1.82, 2.24) is 0 Å². The van der Waals surface area contributed by atoms with Gasteiger partial charge in [0.15, 0.2) is 0 Å². The van der Waals surface area contributed by atoms with Crippen LogP contribution in [0.3, 0.4) is 0 Å². The van der Waals surface area contributed by atoms with E-state index in [9.17, 15) is 4.39 Å². The van der Waals surface area contributed by atoms with Crippen LogP contribution in [0.25, 0.3) is 0 Å². The molecule has 0 saturated carbocycles. The van der Waals surface area contributed by atoms with Crippen molar-refractivity contribution in [2.24, 2.45) is 15.9 Å². The minimum atomic E-state index is -0.211. The lowest BCUT2D eigenvalue weighted by molar-refractivity contribution is 0.627. The lowest BCUT2D eigenvalue weighted by Crippen LogP contribution is -2.07. The molecule has 1 aromatic carbocycles. The van der Waals surface area contributed by atoms with Crippen molar-refractivity contribution < 1.29 is 4.39 Å². The van der Waals surface area contributed by atoms with Gasteiger partial charge in [0.05, 0.1) is 11.4 Å². The molecular weight excluding hydrogens is 299 g/mol. The molecule has 0 amide bonds. The fourth-order valence-corrected chi connectivity index (χ4v) is 2.37. The molecule has 0 N–H and O–H groups in total. The number of rotatable bonds is 7. The number of halogens is 1. The molecule has 0 atom stereocenters. The van der Waals surface area contributed by atoms with Crippen LogP contribution in [0.15, 0.2) is 57.8 Å². The topological polar surface area (TPSA) is 24.7 Å². The van der Waals surface area contributed by atoms with E-state index in [0.29, 0.717) is 12.3 Å². The first-order valence-corrected chi connectivity index (χ1v) is 8.47. The summed E-state index contributed by atoms with van der Waals surface area (Å²) in [5.74, 6) is 0.360. The average Bonchev–Trinajstić information content (AvgIpc) is 2.53. The Bertz CT molecular complexity index is 647. The van der Waals surface area contributed by atoms with Gasteiger partial charge in [0.1, 0.15) is 5.82 Å². The smallest absolute Gasteiger partial charge is 0.123 e. The number of aliphatic imine (C=N–C) groups is 2. The zero-order chi connectivity index (χ0) is 18.1. The molecular formula is C21H29FN2. The van der Waals surface area contributed by atoms with Crippen molar-refractivity contribution in [2.45, 2.75) is 54.4 Å². The van der Waals surface area contributed by atoms with Crippen molar-refractivity contribution in [3.05, 3.63) is 59.2 Å². The molecule has 0 saturated heterocycles. The van der Waals surface area contributed by atoms with Crippen molar-refractivity contribution in [3.8, 4) is 0 Å². The van der Waals surface area contributed by atoms with E-state index < -0.39 is 0 Å². The van der Waals surface area contributed by atoms with E-state index in [0.717, 1.165) is 29.1 Å². The molecule has 0 heterocycles. The summed E-state index contributed by atoms with van der Waals surface area (Å²) >= 11 is 0. The molecule has 0 unspecified atom stereocenters. The van der Waals surface area contributed by atoms with Crippen LogP contribution in [0.5, 0.6) is 0 Å². The van der Waals surface area contributed by atoms with E-state index in [2.05, 4.69) is 25.8 Å². The lowest BCUT2D eigenvalue weighted by atomic mass is 9.99. The Morgan fingerprint density at radius 3 is 2.25 bits per heavy atom. The highest BCUT2D eigenvalue weighted by Gasteiger charge is 2.08. The summed E-state index contributed by atoms with van der Waals surface area (Å²) in [4.78, 5) is 9.21. The summed E-state index contributed by atoms with van der Waals surface area (Å²) in [5.41, 5.74) is 5.19. The molecule has 0 fully saturated rings. The molecule has 3 heteroatoms. The standard InChI is InChI=1S/C21H29FN2/c1-7-12-23-17(5)18(6)24-21(16(4)13-15(2)3)14-19-8-10-20(22)11-9-19/h7-12,15H,13-14H2,1-6H3/b12-7-,21-16+,23-17+,24-18+. The Labute approximate surface area is 145 Å². The summed E-state index contributed by atoms with van der Waals surface area (Å²) in [6.45, 7) is 12.4. The van der Waals surface area contributed by atoms with Crippen molar-refractivity contribution in [1.29, 1.82) is 0 Å². The maximum atomic E-state index is 13.1. The summed E-state index contributed by atoms with van der Waals surface area (Å²) in [5, 5.41) is 0. The summed E-state index contributed by atoms with van der Waals surface area (Å²) in [7, 11) is 0. The van der Waals surface area contributed by atoms with Gasteiger partial charge in [-0.3, -0.25) is 9.98 Å². The van der Waals surface area contributed by atoms with Gasteiger partial charge in [0.25, 0.3) is 0 Å². The summed E-state index contributed by atoms with van der Waals surface area (Å²) in [6.07, 6.45) is 5.38. The molecule has 2 nitrogen and oxygen atoms in total. The maximum absolute atomic E-state index is 13.1. The maximum Gasteiger partial charge on any atom is 0.123 e. The largest absolute Gasteiger partial charge is 0.260 e. The van der Waals surface area contributed by atoms with Gasteiger partial charge in [-0.25, -0.2) is 4.39 Å². The molecule has 130 valence electrons. The fourth-order valence-electron chi connectivity index (χ4n) is 2.37. The minimum Gasteiger partial charge on any atom is -0.260 e. The van der Waals surface area contributed by atoms with Crippen molar-refractivity contribution in [2.75, 3.05) is 0 Å². The number of hydrogen-bond donors (Lipinski definition) is 0. The number of benzene rings is 1. The van der Waals surface area contributed by atoms with Crippen LogP contribution < -0.4 is 0 Å². The lowest BCUT2D eigenvalue weighted by Gasteiger charge is -2.12. The summed E-state index contributed by atoms with van der Waals surface area (Å²) < 4.78 is 13.1. The molecule has 1 aromatic rings. The number of allylic oxidation sites excluding steroid dienone is 3. The van der Waals surface area contributed by atoms with Gasteiger partial charge in [-0.05, 0) is 57.7 Å². The van der Waals surface area contributed by atoms with E-state index in [-0.39, 0.29) is 5.82 Å². The molecule has 0 aliphatic rings. The third-order valence-corrected chi connectivity index (χ3v) is 3.74. The second-order valence-electron chi connectivity index (χ2n) is 6.52. The normalized spacial score (nSPS) is 14.5. The first kappa shape index (κ1) is 20.0. The van der Waals surface area contributed by atoms with Gasteiger partial charge < -0.3 is 0 Å². The quantitative estimate of drug-likeness (QED) is 0.537. The summed E-state index contributed by atoms with van der Waals surface area (Å²) in [6, 6.07) is 6.65. The second-order valence-corrected chi connectivity index (χ2v) is 6.52. The first-order chi connectivity index (χ1) is 11.3. The van der Waals surface area contributed by atoms with Gasteiger partial charge in [0, 0.05) is 18.3 Å². The Kier molecular flexibility index (Phi) is 8.31.